The molecule has 1 fully saturated rings. The van der Waals surface area contributed by atoms with Gasteiger partial charge in [-0.3, -0.25) is 9.59 Å². The molecule has 2 heterocycles. The molecule has 4 nitrogen and oxygen atoms in total. The number of carbonyl (C=O) groups excluding carboxylic acids is 1. The fraction of sp³-hybridized carbons (Fsp3) is 0.455. The highest BCUT2D eigenvalue weighted by atomic mass is 79.9. The number of carboxylic acid groups (broad SMARTS) is 1. The highest BCUT2D eigenvalue weighted by molar-refractivity contribution is 9.10. The Labute approximate surface area is 111 Å². The molecule has 92 valence electrons. The number of hydrogen-bond acceptors (Lipinski definition) is 3. The monoisotopic (exact) mass is 317 g/mol. The zero-order valence-electron chi connectivity index (χ0n) is 9.06. The van der Waals surface area contributed by atoms with Gasteiger partial charge in [0.25, 0.3) is 5.91 Å². The SMILES string of the molecule is O=C(O)[C@H]1CCCN(C(=O)c2sccc2Br)C1. The van der Waals surface area contributed by atoms with Crippen molar-refractivity contribution in [2.24, 2.45) is 5.92 Å². The number of likely N-dealkylation sites (tertiary alicyclic amines) is 1. The number of thiophene rings is 1. The smallest absolute Gasteiger partial charge is 0.308 e. The molecule has 1 aliphatic heterocycles. The summed E-state index contributed by atoms with van der Waals surface area (Å²) >= 11 is 4.70. The van der Waals surface area contributed by atoms with Gasteiger partial charge in [0.05, 0.1) is 5.92 Å². The summed E-state index contributed by atoms with van der Waals surface area (Å²) in [5.41, 5.74) is 0. The van der Waals surface area contributed by atoms with Crippen molar-refractivity contribution in [3.8, 4) is 0 Å². The van der Waals surface area contributed by atoms with Crippen LogP contribution in [0.2, 0.25) is 0 Å². The summed E-state index contributed by atoms with van der Waals surface area (Å²) in [6.07, 6.45) is 1.41. The van der Waals surface area contributed by atoms with Crippen molar-refractivity contribution < 1.29 is 14.7 Å². The van der Waals surface area contributed by atoms with Gasteiger partial charge in [-0.2, -0.15) is 0 Å². The van der Waals surface area contributed by atoms with Crippen molar-refractivity contribution >= 4 is 39.1 Å². The van der Waals surface area contributed by atoms with Crippen LogP contribution in [0.4, 0.5) is 0 Å². The Kier molecular flexibility index (Phi) is 3.83. The van der Waals surface area contributed by atoms with Crippen LogP contribution in [0.25, 0.3) is 0 Å². The molecule has 1 atom stereocenters. The van der Waals surface area contributed by atoms with Crippen LogP contribution in [0.1, 0.15) is 22.5 Å². The van der Waals surface area contributed by atoms with Gasteiger partial charge in [-0.1, -0.05) is 0 Å². The second-order valence-electron chi connectivity index (χ2n) is 4.03. The third-order valence-corrected chi connectivity index (χ3v) is 4.69. The van der Waals surface area contributed by atoms with Gasteiger partial charge in [0, 0.05) is 17.6 Å². The highest BCUT2D eigenvalue weighted by Crippen LogP contribution is 2.26. The number of aliphatic carboxylic acids is 1. The van der Waals surface area contributed by atoms with Crippen molar-refractivity contribution in [3.05, 3.63) is 20.8 Å². The molecule has 0 unspecified atom stereocenters. The lowest BCUT2D eigenvalue weighted by Crippen LogP contribution is -2.42. The third-order valence-electron chi connectivity index (χ3n) is 2.87. The van der Waals surface area contributed by atoms with Gasteiger partial charge in [-0.25, -0.2) is 0 Å². The first-order valence-electron chi connectivity index (χ1n) is 5.34. The van der Waals surface area contributed by atoms with Crippen LogP contribution in [-0.4, -0.2) is 35.0 Å². The minimum absolute atomic E-state index is 0.0715. The van der Waals surface area contributed by atoms with Gasteiger partial charge in [-0.15, -0.1) is 11.3 Å². The summed E-state index contributed by atoms with van der Waals surface area (Å²) in [6.45, 7) is 0.964. The van der Waals surface area contributed by atoms with Crippen molar-refractivity contribution in [3.63, 3.8) is 0 Å². The van der Waals surface area contributed by atoms with Crippen LogP contribution in [0.15, 0.2) is 15.9 Å². The van der Waals surface area contributed by atoms with E-state index in [4.69, 9.17) is 5.11 Å². The molecule has 1 aliphatic rings. The third kappa shape index (κ3) is 2.69. The maximum absolute atomic E-state index is 12.2. The Hall–Kier alpha value is -0.880. The summed E-state index contributed by atoms with van der Waals surface area (Å²) in [5, 5.41) is 10.8. The fourth-order valence-corrected chi connectivity index (χ4v) is 3.46. The Morgan fingerprint density at radius 2 is 2.29 bits per heavy atom. The molecular weight excluding hydrogens is 306 g/mol. The van der Waals surface area contributed by atoms with Crippen LogP contribution in [0.5, 0.6) is 0 Å². The summed E-state index contributed by atoms with van der Waals surface area (Å²) in [4.78, 5) is 25.4. The van der Waals surface area contributed by atoms with Crippen LogP contribution in [0.3, 0.4) is 0 Å². The van der Waals surface area contributed by atoms with Gasteiger partial charge >= 0.3 is 5.97 Å². The molecule has 17 heavy (non-hydrogen) atoms. The average Bonchev–Trinajstić information content (AvgIpc) is 2.74. The predicted octanol–water partition coefficient (Wildman–Crippen LogP) is 2.45. The Bertz CT molecular complexity index is 446. The van der Waals surface area contributed by atoms with E-state index in [1.54, 1.807) is 4.90 Å². The van der Waals surface area contributed by atoms with Crippen molar-refractivity contribution in [1.82, 2.24) is 4.90 Å². The van der Waals surface area contributed by atoms with Crippen LogP contribution in [-0.2, 0) is 4.79 Å². The fourth-order valence-electron chi connectivity index (χ4n) is 1.95. The number of halogens is 1. The van der Waals surface area contributed by atoms with Crippen molar-refractivity contribution in [2.45, 2.75) is 12.8 Å². The summed E-state index contributed by atoms with van der Waals surface area (Å²) in [5.74, 6) is -1.31. The zero-order chi connectivity index (χ0) is 12.4. The first-order chi connectivity index (χ1) is 8.09. The van der Waals surface area contributed by atoms with Gasteiger partial charge in [0.2, 0.25) is 0 Å². The van der Waals surface area contributed by atoms with Gasteiger partial charge in [-0.05, 0) is 40.2 Å². The summed E-state index contributed by atoms with van der Waals surface area (Å²) in [6, 6.07) is 1.83. The molecule has 1 saturated heterocycles. The molecule has 0 aromatic carbocycles. The van der Waals surface area contributed by atoms with Gasteiger partial charge in [0.15, 0.2) is 0 Å². The van der Waals surface area contributed by atoms with E-state index in [2.05, 4.69) is 15.9 Å². The van der Waals surface area contributed by atoms with E-state index in [1.165, 1.54) is 11.3 Å². The Morgan fingerprint density at radius 3 is 2.88 bits per heavy atom. The first-order valence-corrected chi connectivity index (χ1v) is 7.02. The van der Waals surface area contributed by atoms with E-state index in [-0.39, 0.29) is 5.91 Å². The lowest BCUT2D eigenvalue weighted by atomic mass is 9.98. The normalized spacial score (nSPS) is 20.3. The standard InChI is InChI=1S/C11H12BrNO3S/c12-8-3-5-17-9(8)10(14)13-4-1-2-7(6-13)11(15)16/h3,5,7H,1-2,4,6H2,(H,15,16)/t7-/m0/s1. The number of hydrogen-bond donors (Lipinski definition) is 1. The Morgan fingerprint density at radius 1 is 1.53 bits per heavy atom. The molecule has 2 rings (SSSR count). The number of amides is 1. The number of carboxylic acids is 1. The lowest BCUT2D eigenvalue weighted by molar-refractivity contribution is -0.143. The average molecular weight is 318 g/mol. The number of rotatable bonds is 2. The van der Waals surface area contributed by atoms with Gasteiger partial charge in [0.1, 0.15) is 4.88 Å². The molecule has 1 aromatic rings. The molecule has 0 radical (unpaired) electrons. The molecule has 6 heteroatoms. The van der Waals surface area contributed by atoms with E-state index in [9.17, 15) is 9.59 Å². The van der Waals surface area contributed by atoms with E-state index in [0.717, 1.165) is 10.9 Å². The molecule has 1 aromatic heterocycles. The number of nitrogens with zero attached hydrogens (tertiary/aromatic N) is 1. The minimum Gasteiger partial charge on any atom is -0.481 e. The first kappa shape index (κ1) is 12.6. The number of piperidine rings is 1. The quantitative estimate of drug-likeness (QED) is 0.911. The zero-order valence-corrected chi connectivity index (χ0v) is 11.5. The maximum atomic E-state index is 12.2. The van der Waals surface area contributed by atoms with E-state index in [0.29, 0.717) is 24.4 Å². The highest BCUT2D eigenvalue weighted by Gasteiger charge is 2.29. The molecule has 1 N–H and O–H groups in total. The summed E-state index contributed by atoms with van der Waals surface area (Å²) < 4.78 is 0.782. The van der Waals surface area contributed by atoms with Crippen molar-refractivity contribution in [2.75, 3.05) is 13.1 Å². The molecule has 0 saturated carbocycles. The second-order valence-corrected chi connectivity index (χ2v) is 5.80. The molecule has 0 aliphatic carbocycles. The Balaban J connectivity index is 2.10. The molecule has 1 amide bonds. The largest absolute Gasteiger partial charge is 0.481 e. The van der Waals surface area contributed by atoms with E-state index in [1.807, 2.05) is 11.4 Å². The van der Waals surface area contributed by atoms with E-state index < -0.39 is 11.9 Å². The van der Waals surface area contributed by atoms with Crippen molar-refractivity contribution in [1.29, 1.82) is 0 Å². The van der Waals surface area contributed by atoms with Crippen LogP contribution in [0, 0.1) is 5.92 Å². The van der Waals surface area contributed by atoms with E-state index >= 15 is 0 Å². The van der Waals surface area contributed by atoms with Crippen LogP contribution >= 0.6 is 27.3 Å². The maximum Gasteiger partial charge on any atom is 0.308 e. The minimum atomic E-state index is -0.812. The predicted molar refractivity (Wildman–Crippen MR) is 68.3 cm³/mol. The molecular formula is C11H12BrNO3S. The summed E-state index contributed by atoms with van der Waals surface area (Å²) in [7, 11) is 0. The lowest BCUT2D eigenvalue weighted by Gasteiger charge is -2.30. The molecule has 0 bridgehead atoms. The number of carbonyl (C=O) groups is 2. The van der Waals surface area contributed by atoms with Crippen LogP contribution < -0.4 is 0 Å². The molecule has 0 spiro atoms. The van der Waals surface area contributed by atoms with Gasteiger partial charge < -0.3 is 10.0 Å². The second kappa shape index (κ2) is 5.18. The topological polar surface area (TPSA) is 57.6 Å².